The van der Waals surface area contributed by atoms with Crippen LogP contribution in [0.5, 0.6) is 0 Å². The summed E-state index contributed by atoms with van der Waals surface area (Å²) in [7, 11) is 4.14. The fourth-order valence-electron chi connectivity index (χ4n) is 3.62. The summed E-state index contributed by atoms with van der Waals surface area (Å²) in [5.41, 5.74) is 1.46. The Labute approximate surface area is 152 Å². The monoisotopic (exact) mass is 356 g/mol. The van der Waals surface area contributed by atoms with Crippen LogP contribution in [0.3, 0.4) is 0 Å². The van der Waals surface area contributed by atoms with Gasteiger partial charge in [-0.2, -0.15) is 0 Å². The number of rotatable bonds is 5. The van der Waals surface area contributed by atoms with Gasteiger partial charge in [0.2, 0.25) is 0 Å². The van der Waals surface area contributed by atoms with Gasteiger partial charge in [0.15, 0.2) is 0 Å². The van der Waals surface area contributed by atoms with Crippen LogP contribution < -0.4 is 5.32 Å². The Morgan fingerprint density at radius 2 is 2.28 bits per heavy atom. The Morgan fingerprint density at radius 1 is 1.40 bits per heavy atom. The standard InChI is InChI=1S/C19H24N4OS/c1-12-6-7-13-16(9-12)25-19-17(13)18(21-11-22-19)20-10-14(23(2)3)15-5-4-8-24-15/h4-5,8,11-12,14H,6-7,9-10H2,1-3H3,(H,20,21,22)/t12-,14-/m1/s1. The molecule has 0 fully saturated rings. The van der Waals surface area contributed by atoms with Crippen LogP contribution >= 0.6 is 11.3 Å². The fraction of sp³-hybridized carbons (Fsp3) is 0.474. The van der Waals surface area contributed by atoms with Crippen molar-refractivity contribution in [1.29, 1.82) is 0 Å². The molecule has 0 saturated carbocycles. The molecule has 132 valence electrons. The second-order valence-corrected chi connectivity index (χ2v) is 8.21. The first-order valence-electron chi connectivity index (χ1n) is 8.82. The Kier molecular flexibility index (Phi) is 4.48. The minimum atomic E-state index is 0.162. The predicted molar refractivity (Wildman–Crippen MR) is 102 cm³/mol. The molecule has 3 heterocycles. The van der Waals surface area contributed by atoms with Crippen molar-refractivity contribution in [2.45, 2.75) is 32.2 Å². The molecule has 0 aromatic carbocycles. The van der Waals surface area contributed by atoms with Crippen molar-refractivity contribution < 1.29 is 4.42 Å². The van der Waals surface area contributed by atoms with E-state index in [2.05, 4.69) is 41.2 Å². The van der Waals surface area contributed by atoms with Gasteiger partial charge in [0.25, 0.3) is 0 Å². The van der Waals surface area contributed by atoms with Crippen LogP contribution in [0.15, 0.2) is 29.1 Å². The Balaban J connectivity index is 1.63. The van der Waals surface area contributed by atoms with Crippen molar-refractivity contribution in [1.82, 2.24) is 14.9 Å². The lowest BCUT2D eigenvalue weighted by atomic mass is 9.89. The number of nitrogens with one attached hydrogen (secondary N) is 1. The lowest BCUT2D eigenvalue weighted by Crippen LogP contribution is -2.26. The number of fused-ring (bicyclic) bond motifs is 3. The number of thiophene rings is 1. The lowest BCUT2D eigenvalue weighted by Gasteiger charge is -2.23. The van der Waals surface area contributed by atoms with Gasteiger partial charge in [0.1, 0.15) is 22.7 Å². The quantitative estimate of drug-likeness (QED) is 0.745. The highest BCUT2D eigenvalue weighted by molar-refractivity contribution is 7.19. The molecule has 25 heavy (non-hydrogen) atoms. The highest BCUT2D eigenvalue weighted by Crippen LogP contribution is 2.39. The first-order chi connectivity index (χ1) is 12.1. The molecule has 0 amide bonds. The number of hydrogen-bond donors (Lipinski definition) is 1. The maximum Gasteiger partial charge on any atom is 0.138 e. The van der Waals surface area contributed by atoms with Crippen LogP contribution in [-0.4, -0.2) is 35.5 Å². The van der Waals surface area contributed by atoms with Crippen molar-refractivity contribution in [3.63, 3.8) is 0 Å². The van der Waals surface area contributed by atoms with Gasteiger partial charge < -0.3 is 9.73 Å². The van der Waals surface area contributed by atoms with E-state index in [1.165, 1.54) is 28.7 Å². The van der Waals surface area contributed by atoms with Crippen molar-refractivity contribution in [3.8, 4) is 0 Å². The van der Waals surface area contributed by atoms with Gasteiger partial charge >= 0.3 is 0 Å². The van der Waals surface area contributed by atoms with Crippen molar-refractivity contribution in [2.75, 3.05) is 26.0 Å². The third-order valence-corrected chi connectivity index (χ3v) is 6.21. The van der Waals surface area contributed by atoms with Gasteiger partial charge in [-0.15, -0.1) is 11.3 Å². The molecule has 0 unspecified atom stereocenters. The fourth-order valence-corrected chi connectivity index (χ4v) is 4.97. The molecular weight excluding hydrogens is 332 g/mol. The van der Waals surface area contributed by atoms with Gasteiger partial charge in [-0.05, 0) is 57.0 Å². The van der Waals surface area contributed by atoms with Gasteiger partial charge in [-0.25, -0.2) is 9.97 Å². The van der Waals surface area contributed by atoms with E-state index in [0.29, 0.717) is 0 Å². The summed E-state index contributed by atoms with van der Waals surface area (Å²) >= 11 is 1.84. The number of aryl methyl sites for hydroxylation is 1. The van der Waals surface area contributed by atoms with Crippen LogP contribution in [0.2, 0.25) is 0 Å². The SMILES string of the molecule is C[C@@H]1CCc2c(sc3ncnc(NC[C@H](c4ccco4)N(C)C)c23)C1. The number of aromatic nitrogens is 2. The first kappa shape index (κ1) is 16.5. The summed E-state index contributed by atoms with van der Waals surface area (Å²) in [6.07, 6.45) is 6.95. The van der Waals surface area contributed by atoms with E-state index in [1.807, 2.05) is 23.5 Å². The molecular formula is C19H24N4OS. The smallest absolute Gasteiger partial charge is 0.138 e. The molecule has 0 saturated heterocycles. The average molecular weight is 356 g/mol. The summed E-state index contributed by atoms with van der Waals surface area (Å²) in [4.78, 5) is 13.8. The molecule has 1 N–H and O–H groups in total. The molecule has 1 aliphatic carbocycles. The number of hydrogen-bond acceptors (Lipinski definition) is 6. The van der Waals surface area contributed by atoms with Crippen LogP contribution in [0, 0.1) is 5.92 Å². The van der Waals surface area contributed by atoms with Crippen LogP contribution in [0.25, 0.3) is 10.2 Å². The average Bonchev–Trinajstić information content (AvgIpc) is 3.21. The Morgan fingerprint density at radius 3 is 3.04 bits per heavy atom. The molecule has 0 bridgehead atoms. The van der Waals surface area contributed by atoms with Crippen LogP contribution in [0.1, 0.15) is 35.6 Å². The van der Waals surface area contributed by atoms with E-state index in [4.69, 9.17) is 4.42 Å². The summed E-state index contributed by atoms with van der Waals surface area (Å²) in [5.74, 6) is 2.68. The molecule has 0 spiro atoms. The maximum absolute atomic E-state index is 5.61. The topological polar surface area (TPSA) is 54.2 Å². The number of nitrogens with zero attached hydrogens (tertiary/aromatic N) is 3. The maximum atomic E-state index is 5.61. The minimum Gasteiger partial charge on any atom is -0.468 e. The largest absolute Gasteiger partial charge is 0.468 e. The number of likely N-dealkylation sites (N-methyl/N-ethyl adjacent to an activating group) is 1. The predicted octanol–water partition coefficient (Wildman–Crippen LogP) is 4.12. The Hall–Kier alpha value is -1.92. The van der Waals surface area contributed by atoms with E-state index in [-0.39, 0.29) is 6.04 Å². The molecule has 0 radical (unpaired) electrons. The van der Waals surface area contributed by atoms with E-state index in [1.54, 1.807) is 12.6 Å². The van der Waals surface area contributed by atoms with Crippen LogP contribution in [-0.2, 0) is 12.8 Å². The zero-order valence-corrected chi connectivity index (χ0v) is 15.8. The van der Waals surface area contributed by atoms with Gasteiger partial charge in [-0.1, -0.05) is 6.92 Å². The van der Waals surface area contributed by atoms with Crippen molar-refractivity contribution in [3.05, 3.63) is 40.9 Å². The van der Waals surface area contributed by atoms with E-state index >= 15 is 0 Å². The normalized spacial score (nSPS) is 18.5. The summed E-state index contributed by atoms with van der Waals surface area (Å²) in [5, 5.41) is 4.79. The molecule has 3 aromatic rings. The molecule has 5 nitrogen and oxygen atoms in total. The van der Waals surface area contributed by atoms with E-state index in [0.717, 1.165) is 35.3 Å². The second-order valence-electron chi connectivity index (χ2n) is 7.13. The first-order valence-corrected chi connectivity index (χ1v) is 9.64. The number of anilines is 1. The Bertz CT molecular complexity index is 856. The van der Waals surface area contributed by atoms with E-state index in [9.17, 15) is 0 Å². The van der Waals surface area contributed by atoms with E-state index < -0.39 is 0 Å². The van der Waals surface area contributed by atoms with Gasteiger partial charge in [0.05, 0.1) is 17.7 Å². The molecule has 6 heteroatoms. The highest BCUT2D eigenvalue weighted by Gasteiger charge is 2.24. The summed E-state index contributed by atoms with van der Waals surface area (Å²) in [6, 6.07) is 4.12. The number of furan rings is 1. The summed E-state index contributed by atoms with van der Waals surface area (Å²) < 4.78 is 5.61. The van der Waals surface area contributed by atoms with Gasteiger partial charge in [-0.3, -0.25) is 4.90 Å². The zero-order chi connectivity index (χ0) is 17.4. The third kappa shape index (κ3) is 3.16. The molecule has 4 rings (SSSR count). The summed E-state index contributed by atoms with van der Waals surface area (Å²) in [6.45, 7) is 3.08. The lowest BCUT2D eigenvalue weighted by molar-refractivity contribution is 0.269. The molecule has 0 aliphatic heterocycles. The highest BCUT2D eigenvalue weighted by atomic mass is 32.1. The molecule has 1 aliphatic rings. The zero-order valence-electron chi connectivity index (χ0n) is 15.0. The molecule has 3 aromatic heterocycles. The minimum absolute atomic E-state index is 0.162. The van der Waals surface area contributed by atoms with Crippen LogP contribution in [0.4, 0.5) is 5.82 Å². The molecule has 2 atom stereocenters. The van der Waals surface area contributed by atoms with Crippen molar-refractivity contribution >= 4 is 27.4 Å². The van der Waals surface area contributed by atoms with Crippen molar-refractivity contribution in [2.24, 2.45) is 5.92 Å². The second kappa shape index (κ2) is 6.77. The van der Waals surface area contributed by atoms with Gasteiger partial charge in [0, 0.05) is 11.4 Å². The third-order valence-electron chi connectivity index (χ3n) is 5.05.